The first-order chi connectivity index (χ1) is 8.31. The molecule has 1 N–H and O–H groups in total. The van der Waals surface area contributed by atoms with E-state index in [4.69, 9.17) is 4.74 Å². The fourth-order valence-corrected chi connectivity index (χ4v) is 1.55. The predicted molar refractivity (Wildman–Crippen MR) is 67.0 cm³/mol. The SMILES string of the molecule is CCCOC(=O)Nc1cccc2cccnc12. The molecule has 1 amide bonds. The summed E-state index contributed by atoms with van der Waals surface area (Å²) in [5.74, 6) is 0. The second-order valence-corrected chi connectivity index (χ2v) is 3.64. The number of nitrogens with one attached hydrogen (secondary N) is 1. The van der Waals surface area contributed by atoms with Crippen LogP contribution in [0.25, 0.3) is 10.9 Å². The Morgan fingerprint density at radius 1 is 1.35 bits per heavy atom. The molecule has 0 saturated heterocycles. The molecule has 0 unspecified atom stereocenters. The van der Waals surface area contributed by atoms with E-state index in [1.807, 2.05) is 37.3 Å². The Morgan fingerprint density at radius 3 is 3.00 bits per heavy atom. The van der Waals surface area contributed by atoms with Gasteiger partial charge in [0.25, 0.3) is 0 Å². The molecule has 0 aliphatic rings. The minimum absolute atomic E-state index is 0.421. The minimum atomic E-state index is -0.440. The summed E-state index contributed by atoms with van der Waals surface area (Å²) in [5, 5.41) is 3.68. The first-order valence-corrected chi connectivity index (χ1v) is 5.59. The number of carbonyl (C=O) groups is 1. The van der Waals surface area contributed by atoms with Crippen molar-refractivity contribution in [3.05, 3.63) is 36.5 Å². The first-order valence-electron chi connectivity index (χ1n) is 5.59. The molecule has 0 spiro atoms. The lowest BCUT2D eigenvalue weighted by atomic mass is 10.2. The summed E-state index contributed by atoms with van der Waals surface area (Å²) in [4.78, 5) is 15.7. The number of amides is 1. The van der Waals surface area contributed by atoms with Crippen LogP contribution in [0.3, 0.4) is 0 Å². The van der Waals surface area contributed by atoms with Crippen molar-refractivity contribution >= 4 is 22.7 Å². The lowest BCUT2D eigenvalue weighted by Gasteiger charge is -2.07. The zero-order valence-corrected chi connectivity index (χ0v) is 9.64. The third-order valence-electron chi connectivity index (χ3n) is 2.31. The number of anilines is 1. The molecule has 0 atom stereocenters. The van der Waals surface area contributed by atoms with Gasteiger partial charge in [0, 0.05) is 11.6 Å². The van der Waals surface area contributed by atoms with Crippen LogP contribution in [0.5, 0.6) is 0 Å². The number of benzene rings is 1. The van der Waals surface area contributed by atoms with E-state index in [0.717, 1.165) is 17.3 Å². The Balaban J connectivity index is 2.21. The van der Waals surface area contributed by atoms with Crippen LogP contribution in [-0.2, 0) is 4.74 Å². The van der Waals surface area contributed by atoms with Gasteiger partial charge in [-0.15, -0.1) is 0 Å². The third kappa shape index (κ3) is 2.72. The van der Waals surface area contributed by atoms with Gasteiger partial charge in [-0.05, 0) is 18.6 Å². The number of hydrogen-bond acceptors (Lipinski definition) is 3. The second-order valence-electron chi connectivity index (χ2n) is 3.64. The van der Waals surface area contributed by atoms with Crippen LogP contribution < -0.4 is 5.32 Å². The second kappa shape index (κ2) is 5.30. The molecule has 0 fully saturated rings. The van der Waals surface area contributed by atoms with Gasteiger partial charge >= 0.3 is 6.09 Å². The maximum atomic E-state index is 11.5. The Labute approximate surface area is 99.6 Å². The van der Waals surface area contributed by atoms with E-state index in [9.17, 15) is 4.79 Å². The van der Waals surface area contributed by atoms with Gasteiger partial charge in [0.2, 0.25) is 0 Å². The minimum Gasteiger partial charge on any atom is -0.449 e. The summed E-state index contributed by atoms with van der Waals surface area (Å²) < 4.78 is 4.97. The highest BCUT2D eigenvalue weighted by Crippen LogP contribution is 2.20. The number of carbonyl (C=O) groups excluding carboxylic acids is 1. The van der Waals surface area contributed by atoms with Crippen molar-refractivity contribution < 1.29 is 9.53 Å². The average molecular weight is 230 g/mol. The van der Waals surface area contributed by atoms with Crippen molar-refractivity contribution in [3.8, 4) is 0 Å². The highest BCUT2D eigenvalue weighted by Gasteiger charge is 2.06. The molecule has 4 nitrogen and oxygen atoms in total. The van der Waals surface area contributed by atoms with E-state index in [0.29, 0.717) is 12.3 Å². The summed E-state index contributed by atoms with van der Waals surface area (Å²) in [7, 11) is 0. The zero-order valence-electron chi connectivity index (χ0n) is 9.64. The Morgan fingerprint density at radius 2 is 2.18 bits per heavy atom. The molecule has 88 valence electrons. The summed E-state index contributed by atoms with van der Waals surface area (Å²) in [6, 6.07) is 9.44. The quantitative estimate of drug-likeness (QED) is 0.880. The predicted octanol–water partition coefficient (Wildman–Crippen LogP) is 3.19. The van der Waals surface area contributed by atoms with E-state index in [-0.39, 0.29) is 0 Å². The number of fused-ring (bicyclic) bond motifs is 1. The van der Waals surface area contributed by atoms with Crippen LogP contribution in [0.4, 0.5) is 10.5 Å². The van der Waals surface area contributed by atoms with Gasteiger partial charge in [-0.3, -0.25) is 10.3 Å². The number of ether oxygens (including phenoxy) is 1. The van der Waals surface area contributed by atoms with Crippen molar-refractivity contribution in [1.82, 2.24) is 4.98 Å². The lowest BCUT2D eigenvalue weighted by molar-refractivity contribution is 0.162. The number of para-hydroxylation sites is 1. The maximum Gasteiger partial charge on any atom is 0.411 e. The zero-order chi connectivity index (χ0) is 12.1. The first kappa shape index (κ1) is 11.4. The monoisotopic (exact) mass is 230 g/mol. The number of rotatable bonds is 3. The Hall–Kier alpha value is -2.10. The standard InChI is InChI=1S/C13H14N2O2/c1-2-9-17-13(16)15-11-7-3-5-10-6-4-8-14-12(10)11/h3-8H,2,9H2,1H3,(H,15,16). The van der Waals surface area contributed by atoms with E-state index >= 15 is 0 Å². The van der Waals surface area contributed by atoms with Gasteiger partial charge in [0.05, 0.1) is 17.8 Å². The lowest BCUT2D eigenvalue weighted by Crippen LogP contribution is -2.14. The van der Waals surface area contributed by atoms with Crippen LogP contribution in [0.2, 0.25) is 0 Å². The van der Waals surface area contributed by atoms with Gasteiger partial charge in [-0.25, -0.2) is 4.79 Å². The molecule has 2 aromatic rings. The Bertz CT molecular complexity index is 520. The molecule has 2 rings (SSSR count). The fraction of sp³-hybridized carbons (Fsp3) is 0.231. The van der Waals surface area contributed by atoms with Crippen molar-refractivity contribution in [3.63, 3.8) is 0 Å². The van der Waals surface area contributed by atoms with Gasteiger partial charge in [0.15, 0.2) is 0 Å². The molecule has 17 heavy (non-hydrogen) atoms. The summed E-state index contributed by atoms with van der Waals surface area (Å²) in [5.41, 5.74) is 1.44. The maximum absolute atomic E-state index is 11.5. The summed E-state index contributed by atoms with van der Waals surface area (Å²) in [6.07, 6.45) is 2.07. The molecule has 0 saturated carbocycles. The molecule has 1 heterocycles. The van der Waals surface area contributed by atoms with Gasteiger partial charge in [-0.2, -0.15) is 0 Å². The van der Waals surface area contributed by atoms with Crippen molar-refractivity contribution in [2.75, 3.05) is 11.9 Å². The van der Waals surface area contributed by atoms with Crippen molar-refractivity contribution in [2.24, 2.45) is 0 Å². The molecule has 0 aliphatic carbocycles. The number of hydrogen-bond donors (Lipinski definition) is 1. The molecule has 0 bridgehead atoms. The van der Waals surface area contributed by atoms with Crippen molar-refractivity contribution in [1.29, 1.82) is 0 Å². The van der Waals surface area contributed by atoms with Crippen LogP contribution in [0.15, 0.2) is 36.5 Å². The van der Waals surface area contributed by atoms with E-state index < -0.39 is 6.09 Å². The topological polar surface area (TPSA) is 51.2 Å². The molecular weight excluding hydrogens is 216 g/mol. The molecule has 0 radical (unpaired) electrons. The number of aromatic nitrogens is 1. The largest absolute Gasteiger partial charge is 0.449 e. The van der Waals surface area contributed by atoms with E-state index in [1.165, 1.54) is 0 Å². The van der Waals surface area contributed by atoms with Gasteiger partial charge < -0.3 is 4.74 Å². The smallest absolute Gasteiger partial charge is 0.411 e. The average Bonchev–Trinajstić information content (AvgIpc) is 2.37. The highest BCUT2D eigenvalue weighted by atomic mass is 16.5. The van der Waals surface area contributed by atoms with Gasteiger partial charge in [-0.1, -0.05) is 25.1 Å². The summed E-state index contributed by atoms with van der Waals surface area (Å²) in [6.45, 7) is 2.37. The van der Waals surface area contributed by atoms with E-state index in [1.54, 1.807) is 6.20 Å². The normalized spacial score (nSPS) is 10.2. The fourth-order valence-electron chi connectivity index (χ4n) is 1.55. The number of pyridine rings is 1. The van der Waals surface area contributed by atoms with Gasteiger partial charge in [0.1, 0.15) is 0 Å². The molecule has 1 aromatic carbocycles. The molecule has 4 heteroatoms. The van der Waals surface area contributed by atoms with Crippen LogP contribution in [0.1, 0.15) is 13.3 Å². The van der Waals surface area contributed by atoms with Crippen molar-refractivity contribution in [2.45, 2.75) is 13.3 Å². The number of nitrogens with zero attached hydrogens (tertiary/aromatic N) is 1. The van der Waals surface area contributed by atoms with E-state index in [2.05, 4.69) is 10.3 Å². The van der Waals surface area contributed by atoms with Crippen LogP contribution >= 0.6 is 0 Å². The highest BCUT2D eigenvalue weighted by molar-refractivity contribution is 5.97. The van der Waals surface area contributed by atoms with Crippen LogP contribution in [0, 0.1) is 0 Å². The molecule has 0 aliphatic heterocycles. The Kier molecular flexibility index (Phi) is 3.55. The molecular formula is C13H14N2O2. The van der Waals surface area contributed by atoms with Crippen LogP contribution in [-0.4, -0.2) is 17.7 Å². The third-order valence-corrected chi connectivity index (χ3v) is 2.31. The summed E-state index contributed by atoms with van der Waals surface area (Å²) >= 11 is 0. The molecule has 1 aromatic heterocycles.